The molecule has 0 N–H and O–H groups in total. The maximum Gasteiger partial charge on any atom is 0.212 e. The van der Waals surface area contributed by atoms with Gasteiger partial charge in [-0.25, -0.2) is 18.3 Å². The Morgan fingerprint density at radius 1 is 0.314 bits per heavy atom. The standard InChI is InChI=1S/C30H30NO.C28H26NO.C28H28NO.C27H26NO/c1-20-25(28-17-22(14-15-31(28)2)16-21-8-4-3-5-9-21)12-13-26-27-18-23-10-6-7-11-24(23)19-29(27)32-30(20)26;1-18-23(26-16-22(13-14-29(26)2)19-7-3-4-8-19)11-12-24-25-15-20-9-5-6-10-21(20)17-27(25)30-28(18)24;1-18-22(25-14-19(12-13-29(25)5)17-28(2,3)4)10-11-23-24-15-20-8-6-7-9-21(20)16-26(24)30-27(18)23;1-17(2)13-19-11-12-28(4)25(14-19)22-9-10-23-24-15-20-7-5-6-8-21(20)16-26(24)29-27(23)18(22)3/h6-7,10-15,17-19,21H,3-5,8-9,16H2,1-2H3;5-6,9-17,19H,3-4,7-8H2,1-2H3;6-16H,17H2,1-5H3;5-12,14-17H,13H2,1-4H3/q4*+1. The molecule has 2 aliphatic rings. The maximum absolute atomic E-state index is 6.44. The summed E-state index contributed by atoms with van der Waals surface area (Å²) >= 11 is 0. The van der Waals surface area contributed by atoms with Crippen molar-refractivity contribution in [3.63, 3.8) is 0 Å². The van der Waals surface area contributed by atoms with E-state index in [-0.39, 0.29) is 5.41 Å². The summed E-state index contributed by atoms with van der Waals surface area (Å²) in [4.78, 5) is 0. The maximum atomic E-state index is 6.44. The van der Waals surface area contributed by atoms with Crippen molar-refractivity contribution in [2.75, 3.05) is 0 Å². The molecule has 602 valence electrons. The molecule has 20 aromatic rings. The van der Waals surface area contributed by atoms with Crippen LogP contribution in [0.1, 0.15) is 143 Å². The summed E-state index contributed by atoms with van der Waals surface area (Å²) in [5, 5.41) is 19.4. The predicted octanol–water partition coefficient (Wildman–Crippen LogP) is 28.7. The molecule has 0 radical (unpaired) electrons. The number of fused-ring (bicyclic) bond motifs is 16. The van der Waals surface area contributed by atoms with Gasteiger partial charge in [-0.1, -0.05) is 177 Å². The van der Waals surface area contributed by atoms with E-state index in [1.54, 1.807) is 0 Å². The molecule has 0 aliphatic heterocycles. The van der Waals surface area contributed by atoms with Crippen molar-refractivity contribution < 1.29 is 35.9 Å². The molecular weight excluding hydrogens is 1480 g/mol. The molecule has 0 saturated heterocycles. The van der Waals surface area contributed by atoms with Crippen molar-refractivity contribution in [1.82, 2.24) is 0 Å². The van der Waals surface area contributed by atoms with Crippen molar-refractivity contribution in [3.05, 3.63) is 312 Å². The number of furan rings is 4. The van der Waals surface area contributed by atoms with Gasteiger partial charge in [0.2, 0.25) is 22.8 Å². The summed E-state index contributed by atoms with van der Waals surface area (Å²) in [5.41, 5.74) is 28.5. The molecule has 2 aliphatic carbocycles. The number of aryl methyl sites for hydroxylation is 8. The second-order valence-corrected chi connectivity index (χ2v) is 36.7. The van der Waals surface area contributed by atoms with Gasteiger partial charge in [0.1, 0.15) is 72.9 Å². The van der Waals surface area contributed by atoms with Crippen molar-refractivity contribution >= 4 is 131 Å². The summed E-state index contributed by atoms with van der Waals surface area (Å²) in [6.45, 7) is 20.1. The molecule has 0 spiro atoms. The fourth-order valence-corrected chi connectivity index (χ4v) is 19.9. The van der Waals surface area contributed by atoms with Gasteiger partial charge in [-0.3, -0.25) is 0 Å². The smallest absolute Gasteiger partial charge is 0.212 e. The van der Waals surface area contributed by atoms with Crippen LogP contribution in [-0.2, 0) is 47.5 Å². The molecular formula is C113H110N4O4+4. The molecule has 121 heavy (non-hydrogen) atoms. The van der Waals surface area contributed by atoms with E-state index < -0.39 is 0 Å². The minimum atomic E-state index is 0.261. The highest BCUT2D eigenvalue weighted by atomic mass is 16.3. The van der Waals surface area contributed by atoms with Gasteiger partial charge in [-0.15, -0.1) is 0 Å². The Balaban J connectivity index is 0.000000107. The van der Waals surface area contributed by atoms with Gasteiger partial charge in [-0.2, -0.15) is 0 Å². The van der Waals surface area contributed by atoms with E-state index in [1.165, 1.54) is 240 Å². The highest BCUT2D eigenvalue weighted by Gasteiger charge is 2.28. The second-order valence-electron chi connectivity index (χ2n) is 36.7. The second kappa shape index (κ2) is 32.2. The quantitative estimate of drug-likeness (QED) is 0.128. The Kier molecular flexibility index (Phi) is 20.9. The zero-order chi connectivity index (χ0) is 83.1. The van der Waals surface area contributed by atoms with E-state index in [2.05, 4.69) is 376 Å². The Hall–Kier alpha value is -12.5. The Labute approximate surface area is 709 Å². The fraction of sp³-hybridized carbons (Fsp3) is 0.257. The molecule has 12 aromatic carbocycles. The molecule has 8 nitrogen and oxygen atoms in total. The Bertz CT molecular complexity index is 7430. The number of nitrogens with zero attached hydrogens (tertiary/aromatic N) is 4. The molecule has 0 amide bonds. The van der Waals surface area contributed by atoms with E-state index in [9.17, 15) is 0 Å². The molecule has 8 heteroatoms. The van der Waals surface area contributed by atoms with E-state index in [1.807, 2.05) is 0 Å². The number of hydrogen-bond acceptors (Lipinski definition) is 4. The number of rotatable bonds is 10. The molecule has 0 bridgehead atoms. The topological polar surface area (TPSA) is 68.1 Å². The normalized spacial score (nSPS) is 13.6. The number of benzene rings is 12. The molecule has 8 heterocycles. The monoisotopic (exact) mass is 1590 g/mol. The summed E-state index contributed by atoms with van der Waals surface area (Å²) in [5.74, 6) is 2.20. The number of hydrogen-bond donors (Lipinski definition) is 0. The van der Waals surface area contributed by atoms with E-state index in [4.69, 9.17) is 17.7 Å². The van der Waals surface area contributed by atoms with Crippen LogP contribution in [0.2, 0.25) is 0 Å². The van der Waals surface area contributed by atoms with Crippen LogP contribution in [0.15, 0.2) is 285 Å². The highest BCUT2D eigenvalue weighted by Crippen LogP contribution is 2.44. The first-order chi connectivity index (χ1) is 58.7. The van der Waals surface area contributed by atoms with Gasteiger partial charge in [0.25, 0.3) is 0 Å². The first-order valence-corrected chi connectivity index (χ1v) is 44.0. The van der Waals surface area contributed by atoms with Crippen LogP contribution in [0.3, 0.4) is 0 Å². The van der Waals surface area contributed by atoms with Crippen LogP contribution < -0.4 is 18.3 Å². The Morgan fingerprint density at radius 3 is 0.959 bits per heavy atom. The van der Waals surface area contributed by atoms with Gasteiger partial charge in [0.05, 0.1) is 22.3 Å². The zero-order valence-corrected chi connectivity index (χ0v) is 72.5. The minimum Gasteiger partial charge on any atom is -0.456 e. The average molecular weight is 1590 g/mol. The number of pyridine rings is 4. The SMILES string of the molecule is Cc1c(-c2cc(C3CCCC3)cc[n+]2C)ccc2c1oc1cc3ccccc3cc12.Cc1c(-c2cc(CC(C)(C)C)cc[n+]2C)ccc2c1oc1cc3ccccc3cc12.Cc1c(-c2cc(CC(C)C)cc[n+]2C)ccc2c1oc1cc3ccccc3cc12.Cc1c(-c2cc(CC3CCCCC3)cc[n+]2C)ccc2c1oc1cc3ccccc3cc12. The summed E-state index contributed by atoms with van der Waals surface area (Å²) in [6, 6.07) is 88.1. The van der Waals surface area contributed by atoms with Crippen molar-refractivity contribution in [3.8, 4) is 45.0 Å². The van der Waals surface area contributed by atoms with Crippen LogP contribution in [0.4, 0.5) is 0 Å². The van der Waals surface area contributed by atoms with Gasteiger partial charge >= 0.3 is 0 Å². The van der Waals surface area contributed by atoms with E-state index in [0.29, 0.717) is 11.8 Å². The van der Waals surface area contributed by atoms with Gasteiger partial charge < -0.3 is 17.7 Å². The lowest BCUT2D eigenvalue weighted by molar-refractivity contribution is -0.660. The first-order valence-electron chi connectivity index (χ1n) is 44.0. The van der Waals surface area contributed by atoms with E-state index in [0.717, 1.165) is 63.4 Å². The fourth-order valence-electron chi connectivity index (χ4n) is 19.9. The molecule has 2 saturated carbocycles. The zero-order valence-electron chi connectivity index (χ0n) is 72.5. The average Bonchev–Trinajstić information content (AvgIpc) is 1.62. The van der Waals surface area contributed by atoms with Crippen molar-refractivity contribution in [2.45, 2.75) is 145 Å². The van der Waals surface area contributed by atoms with Crippen LogP contribution in [0.25, 0.3) is 176 Å². The Morgan fingerprint density at radius 2 is 0.612 bits per heavy atom. The molecule has 8 aromatic heterocycles. The summed E-state index contributed by atoms with van der Waals surface area (Å²) in [6.07, 6.45) is 24.5. The highest BCUT2D eigenvalue weighted by molar-refractivity contribution is 6.15. The van der Waals surface area contributed by atoms with Crippen LogP contribution in [-0.4, -0.2) is 0 Å². The van der Waals surface area contributed by atoms with Crippen LogP contribution in [0, 0.1) is 44.9 Å². The predicted molar refractivity (Wildman–Crippen MR) is 503 cm³/mol. The lowest BCUT2D eigenvalue weighted by atomic mass is 9.85. The van der Waals surface area contributed by atoms with Gasteiger partial charge in [0.15, 0.2) is 24.8 Å². The van der Waals surface area contributed by atoms with Gasteiger partial charge in [-0.05, 0) is 245 Å². The minimum absolute atomic E-state index is 0.261. The van der Waals surface area contributed by atoms with E-state index >= 15 is 0 Å². The molecule has 0 atom stereocenters. The van der Waals surface area contributed by atoms with Crippen LogP contribution in [0.5, 0.6) is 0 Å². The largest absolute Gasteiger partial charge is 0.456 e. The van der Waals surface area contributed by atoms with Crippen molar-refractivity contribution in [1.29, 1.82) is 0 Å². The molecule has 22 rings (SSSR count). The molecule has 0 unspecified atom stereocenters. The lowest BCUT2D eigenvalue weighted by Gasteiger charge is -2.21. The van der Waals surface area contributed by atoms with Crippen molar-refractivity contribution in [2.24, 2.45) is 45.4 Å². The van der Waals surface area contributed by atoms with Crippen LogP contribution >= 0.6 is 0 Å². The summed E-state index contributed by atoms with van der Waals surface area (Å²) < 4.78 is 34.5. The first kappa shape index (κ1) is 78.3. The summed E-state index contributed by atoms with van der Waals surface area (Å²) in [7, 11) is 8.52. The third-order valence-electron chi connectivity index (χ3n) is 26.4. The molecule has 2 fully saturated rings. The third-order valence-corrected chi connectivity index (χ3v) is 26.4. The van der Waals surface area contributed by atoms with Gasteiger partial charge in [0, 0.05) is 114 Å². The number of aromatic nitrogens is 4. The third kappa shape index (κ3) is 15.3. The lowest BCUT2D eigenvalue weighted by Crippen LogP contribution is -2.31.